The number of carbonyl (C=O) groups excluding carboxylic acids is 2. The number of aromatic nitrogens is 1. The summed E-state index contributed by atoms with van der Waals surface area (Å²) in [6, 6.07) is 10.2. The molecule has 3 unspecified atom stereocenters. The topological polar surface area (TPSA) is 88.5 Å². The number of rotatable bonds is 11. The van der Waals surface area contributed by atoms with Crippen molar-refractivity contribution in [2.24, 2.45) is 5.92 Å². The van der Waals surface area contributed by atoms with Crippen molar-refractivity contribution in [3.8, 4) is 5.75 Å². The molecule has 0 fully saturated rings. The van der Waals surface area contributed by atoms with Gasteiger partial charge in [0.15, 0.2) is 0 Å². The fourth-order valence-electron chi connectivity index (χ4n) is 3.43. The Labute approximate surface area is 191 Å². The van der Waals surface area contributed by atoms with Gasteiger partial charge in [-0.3, -0.25) is 14.6 Å². The van der Waals surface area contributed by atoms with Gasteiger partial charge in [-0.05, 0) is 30.2 Å². The van der Waals surface area contributed by atoms with Crippen LogP contribution in [0.25, 0.3) is 0 Å². The van der Waals surface area contributed by atoms with Gasteiger partial charge in [-0.1, -0.05) is 48.6 Å². The van der Waals surface area contributed by atoms with Crippen molar-refractivity contribution >= 4 is 22.7 Å². The summed E-state index contributed by atoms with van der Waals surface area (Å²) < 4.78 is 24.1. The monoisotopic (exact) mass is 453 g/mol. The summed E-state index contributed by atoms with van der Waals surface area (Å²) in [5, 5.41) is -0.604. The zero-order valence-corrected chi connectivity index (χ0v) is 19.0. The number of ketones is 2. The minimum atomic E-state index is -1.46. The van der Waals surface area contributed by atoms with E-state index in [9.17, 15) is 14.1 Å². The number of hydrogen-bond acceptors (Lipinski definition) is 6. The summed E-state index contributed by atoms with van der Waals surface area (Å²) in [5.41, 5.74) is 1.80. The minimum absolute atomic E-state index is 0.160. The van der Waals surface area contributed by atoms with Gasteiger partial charge in [0.1, 0.15) is 16.8 Å². The average molecular weight is 454 g/mol. The first kappa shape index (κ1) is 23.9. The number of ether oxygens (including phenoxy) is 2. The van der Waals surface area contributed by atoms with E-state index in [4.69, 9.17) is 9.47 Å². The van der Waals surface area contributed by atoms with Gasteiger partial charge >= 0.3 is 0 Å². The Kier molecular flexibility index (Phi) is 8.79. The predicted octanol–water partition coefficient (Wildman–Crippen LogP) is 3.62. The third kappa shape index (κ3) is 5.94. The normalized spacial score (nSPS) is 18.3. The molecule has 1 aromatic heterocycles. The molecule has 6 nitrogen and oxygen atoms in total. The third-order valence-electron chi connectivity index (χ3n) is 5.24. The van der Waals surface area contributed by atoms with Crippen LogP contribution in [0.2, 0.25) is 0 Å². The van der Waals surface area contributed by atoms with Gasteiger partial charge in [0.05, 0.1) is 18.2 Å². The van der Waals surface area contributed by atoms with Gasteiger partial charge in [0, 0.05) is 37.5 Å². The molecule has 0 amide bonds. The van der Waals surface area contributed by atoms with E-state index in [1.54, 1.807) is 74.0 Å². The molecule has 1 heterocycles. The Morgan fingerprint density at radius 2 is 1.84 bits per heavy atom. The van der Waals surface area contributed by atoms with Gasteiger partial charge in [0.2, 0.25) is 11.6 Å². The van der Waals surface area contributed by atoms with Crippen LogP contribution in [-0.2, 0) is 26.5 Å². The van der Waals surface area contributed by atoms with E-state index in [-0.39, 0.29) is 5.75 Å². The zero-order valence-electron chi connectivity index (χ0n) is 18.2. The first-order valence-electron chi connectivity index (χ1n) is 10.4. The van der Waals surface area contributed by atoms with Gasteiger partial charge in [0.25, 0.3) is 0 Å². The Morgan fingerprint density at radius 1 is 1.09 bits per heavy atom. The number of nitrogens with zero attached hydrogens (tertiary/aromatic N) is 1. The van der Waals surface area contributed by atoms with E-state index in [1.807, 2.05) is 6.92 Å². The van der Waals surface area contributed by atoms with Crippen LogP contribution in [-0.4, -0.2) is 46.7 Å². The molecule has 0 saturated carbocycles. The number of methoxy groups -OCH3 is 1. The fraction of sp³-hybridized carbons (Fsp3) is 0.320. The largest absolute Gasteiger partial charge is 0.616 e. The first-order chi connectivity index (χ1) is 15.5. The molecule has 7 heteroatoms. The van der Waals surface area contributed by atoms with E-state index in [0.717, 1.165) is 12.0 Å². The summed E-state index contributed by atoms with van der Waals surface area (Å²) in [4.78, 5) is 30.0. The first-order valence-corrected chi connectivity index (χ1v) is 11.8. The van der Waals surface area contributed by atoms with Crippen LogP contribution in [0.15, 0.2) is 66.9 Å². The van der Waals surface area contributed by atoms with Crippen LogP contribution in [0.1, 0.15) is 28.0 Å². The standard InChI is InChI=1S/C25H27NO5S/c1-18-21(26-14-13-22(18)31-16-8-15-30-2)17-32(29)23-12-7-6-11-20(23)25(28)24(27)19-9-4-3-5-10-19/h3-7,9-14,20,23H,8,15-17H2,1-2H3. The highest BCUT2D eigenvalue weighted by Crippen LogP contribution is 2.28. The van der Waals surface area contributed by atoms with E-state index < -0.39 is 33.9 Å². The summed E-state index contributed by atoms with van der Waals surface area (Å²) in [6.45, 7) is 3.00. The minimum Gasteiger partial charge on any atom is -0.616 e. The molecule has 0 saturated heterocycles. The number of Topliss-reactive ketones (excluding diaryl/α,β-unsaturated/α-hetero) is 2. The molecule has 0 radical (unpaired) electrons. The van der Waals surface area contributed by atoms with Gasteiger partial charge in [-0.25, -0.2) is 0 Å². The smallest absolute Gasteiger partial charge is 0.229 e. The SMILES string of the molecule is COCCCOc1ccnc(C[S+]([O-])C2C=CC=CC2C(=O)C(=O)c2ccccc2)c1C. The van der Waals surface area contributed by atoms with Crippen LogP contribution < -0.4 is 4.74 Å². The molecular weight excluding hydrogens is 426 g/mol. The van der Waals surface area contributed by atoms with Crippen molar-refractivity contribution < 1.29 is 23.6 Å². The van der Waals surface area contributed by atoms with Crippen molar-refractivity contribution in [2.45, 2.75) is 24.3 Å². The lowest BCUT2D eigenvalue weighted by Crippen LogP contribution is -2.37. The molecule has 0 spiro atoms. The fourth-order valence-corrected chi connectivity index (χ4v) is 5.00. The number of benzene rings is 1. The molecule has 2 aromatic rings. The Hall–Kier alpha value is -2.74. The zero-order chi connectivity index (χ0) is 22.9. The highest BCUT2D eigenvalue weighted by atomic mass is 32.2. The molecule has 0 aliphatic heterocycles. The summed E-state index contributed by atoms with van der Waals surface area (Å²) in [7, 11) is 1.64. The molecule has 32 heavy (non-hydrogen) atoms. The van der Waals surface area contributed by atoms with Gasteiger partial charge < -0.3 is 14.0 Å². The quantitative estimate of drug-likeness (QED) is 0.223. The van der Waals surface area contributed by atoms with Crippen molar-refractivity contribution in [1.29, 1.82) is 0 Å². The molecule has 1 aromatic carbocycles. The molecule has 3 atom stereocenters. The second-order valence-corrected chi connectivity index (χ2v) is 9.01. The Balaban J connectivity index is 1.71. The molecule has 168 valence electrons. The maximum Gasteiger partial charge on any atom is 0.229 e. The highest BCUT2D eigenvalue weighted by Gasteiger charge is 2.38. The summed E-state index contributed by atoms with van der Waals surface area (Å²) >= 11 is -1.46. The van der Waals surface area contributed by atoms with Crippen molar-refractivity contribution in [3.05, 3.63) is 83.7 Å². The lowest BCUT2D eigenvalue weighted by Gasteiger charge is -2.26. The van der Waals surface area contributed by atoms with E-state index >= 15 is 0 Å². The van der Waals surface area contributed by atoms with Crippen LogP contribution in [0.5, 0.6) is 5.75 Å². The van der Waals surface area contributed by atoms with Crippen molar-refractivity contribution in [2.75, 3.05) is 20.3 Å². The molecule has 3 rings (SSSR count). The molecule has 1 aliphatic carbocycles. The molecular formula is C25H27NO5S. The Morgan fingerprint density at radius 3 is 2.59 bits per heavy atom. The molecule has 0 N–H and O–H groups in total. The van der Waals surface area contributed by atoms with Gasteiger partial charge in [-0.2, -0.15) is 0 Å². The maximum absolute atomic E-state index is 13.3. The second kappa shape index (κ2) is 11.8. The number of pyridine rings is 1. The Bertz CT molecular complexity index is 989. The predicted molar refractivity (Wildman–Crippen MR) is 124 cm³/mol. The van der Waals surface area contributed by atoms with E-state index in [0.29, 0.717) is 30.2 Å². The van der Waals surface area contributed by atoms with Gasteiger partial charge in [-0.15, -0.1) is 0 Å². The van der Waals surface area contributed by atoms with Crippen molar-refractivity contribution in [3.63, 3.8) is 0 Å². The third-order valence-corrected chi connectivity index (χ3v) is 6.85. The lowest BCUT2D eigenvalue weighted by molar-refractivity contribution is -0.117. The van der Waals surface area contributed by atoms with Crippen LogP contribution in [0.4, 0.5) is 0 Å². The van der Waals surface area contributed by atoms with Crippen LogP contribution in [0, 0.1) is 12.8 Å². The number of allylic oxidation sites excluding steroid dienone is 3. The van der Waals surface area contributed by atoms with E-state index in [1.165, 1.54) is 0 Å². The van der Waals surface area contributed by atoms with Crippen LogP contribution >= 0.6 is 0 Å². The summed E-state index contributed by atoms with van der Waals surface area (Å²) in [6.07, 6.45) is 9.25. The maximum atomic E-state index is 13.3. The van der Waals surface area contributed by atoms with E-state index in [2.05, 4.69) is 4.98 Å². The molecule has 1 aliphatic rings. The molecule has 0 bridgehead atoms. The summed E-state index contributed by atoms with van der Waals surface area (Å²) in [5.74, 6) is -1.06. The number of carbonyl (C=O) groups is 2. The lowest BCUT2D eigenvalue weighted by atomic mass is 9.91. The highest BCUT2D eigenvalue weighted by molar-refractivity contribution is 7.91. The second-order valence-electron chi connectivity index (χ2n) is 7.42. The van der Waals surface area contributed by atoms with Crippen molar-refractivity contribution in [1.82, 2.24) is 4.98 Å². The number of hydrogen-bond donors (Lipinski definition) is 0. The average Bonchev–Trinajstić information content (AvgIpc) is 2.83. The van der Waals surface area contributed by atoms with Crippen LogP contribution in [0.3, 0.4) is 0 Å².